The van der Waals surface area contributed by atoms with Gasteiger partial charge in [0.15, 0.2) is 6.29 Å². The Balaban J connectivity index is 2.24. The van der Waals surface area contributed by atoms with Gasteiger partial charge in [0.25, 0.3) is 10.1 Å². The first-order valence-corrected chi connectivity index (χ1v) is 7.83. The summed E-state index contributed by atoms with van der Waals surface area (Å²) in [5.74, 6) is 0. The highest BCUT2D eigenvalue weighted by Gasteiger charge is 2.45. The molecule has 3 unspecified atom stereocenters. The Morgan fingerprint density at radius 1 is 1.10 bits per heavy atom. The van der Waals surface area contributed by atoms with E-state index in [9.17, 15) is 23.7 Å². The summed E-state index contributed by atoms with van der Waals surface area (Å²) in [6.07, 6.45) is -7.06. The number of hydrogen-bond donors (Lipinski definition) is 3. The van der Waals surface area contributed by atoms with Crippen LogP contribution in [0, 0.1) is 6.92 Å². The first-order valence-electron chi connectivity index (χ1n) is 6.42. The summed E-state index contributed by atoms with van der Waals surface area (Å²) in [5, 5.41) is 29.1. The molecule has 1 saturated heterocycles. The van der Waals surface area contributed by atoms with E-state index in [-0.39, 0.29) is 4.90 Å². The molecule has 2 rings (SSSR count). The van der Waals surface area contributed by atoms with Crippen molar-refractivity contribution in [1.29, 1.82) is 0 Å². The molecule has 1 aliphatic rings. The zero-order valence-electron chi connectivity index (χ0n) is 11.6. The molecule has 8 heteroatoms. The fourth-order valence-corrected chi connectivity index (χ4v) is 3.13. The number of aryl methyl sites for hydroxylation is 1. The van der Waals surface area contributed by atoms with Crippen molar-refractivity contribution in [2.45, 2.75) is 49.4 Å². The second-order valence-electron chi connectivity index (χ2n) is 5.04. The smallest absolute Gasteiger partial charge is 0.297 e. The zero-order chi connectivity index (χ0) is 15.8. The van der Waals surface area contributed by atoms with Crippen LogP contribution in [0.25, 0.3) is 0 Å². The molecule has 118 valence electrons. The Hall–Kier alpha value is -1.03. The molecule has 5 atom stereocenters. The zero-order valence-corrected chi connectivity index (χ0v) is 12.4. The minimum Gasteiger partial charge on any atom is -0.388 e. The molecule has 0 bridgehead atoms. The molecule has 1 heterocycles. The molecular formula is C13H18O7S. The monoisotopic (exact) mass is 318 g/mol. The van der Waals surface area contributed by atoms with E-state index < -0.39 is 40.8 Å². The minimum absolute atomic E-state index is 0.0962. The van der Waals surface area contributed by atoms with Crippen molar-refractivity contribution < 1.29 is 32.7 Å². The molecule has 3 N–H and O–H groups in total. The van der Waals surface area contributed by atoms with Gasteiger partial charge in [-0.1, -0.05) is 17.7 Å². The molecule has 0 saturated carbocycles. The molecule has 1 aromatic carbocycles. The van der Waals surface area contributed by atoms with E-state index in [1.807, 2.05) is 0 Å². The average Bonchev–Trinajstić information content (AvgIpc) is 2.42. The van der Waals surface area contributed by atoms with E-state index in [0.717, 1.165) is 5.56 Å². The molecule has 1 fully saturated rings. The second-order valence-corrected chi connectivity index (χ2v) is 6.61. The lowest BCUT2D eigenvalue weighted by molar-refractivity contribution is -0.272. The predicted molar refractivity (Wildman–Crippen MR) is 71.8 cm³/mol. The van der Waals surface area contributed by atoms with Gasteiger partial charge in [0, 0.05) is 0 Å². The molecule has 0 aliphatic carbocycles. The van der Waals surface area contributed by atoms with Crippen LogP contribution in [0.15, 0.2) is 29.2 Å². The normalized spacial score (nSPS) is 33.9. The number of hydrogen-bond acceptors (Lipinski definition) is 7. The SMILES string of the molecule is Cc1ccc(S(=O)(=O)OC2C(O)[C@H](O)OC(C)[C@H]2O)cc1. The molecule has 0 amide bonds. The van der Waals surface area contributed by atoms with Crippen molar-refractivity contribution in [1.82, 2.24) is 0 Å². The van der Waals surface area contributed by atoms with Crippen molar-refractivity contribution in [3.8, 4) is 0 Å². The fraction of sp³-hybridized carbons (Fsp3) is 0.538. The Labute approximate surface area is 122 Å². The number of aliphatic hydroxyl groups is 3. The summed E-state index contributed by atoms with van der Waals surface area (Å²) in [4.78, 5) is -0.0962. The van der Waals surface area contributed by atoms with Gasteiger partial charge >= 0.3 is 0 Å². The van der Waals surface area contributed by atoms with Crippen molar-refractivity contribution in [2.24, 2.45) is 0 Å². The third kappa shape index (κ3) is 3.42. The van der Waals surface area contributed by atoms with Crippen molar-refractivity contribution in [3.63, 3.8) is 0 Å². The van der Waals surface area contributed by atoms with E-state index in [0.29, 0.717) is 0 Å². The summed E-state index contributed by atoms with van der Waals surface area (Å²) in [6, 6.07) is 5.93. The third-order valence-electron chi connectivity index (χ3n) is 3.35. The number of benzene rings is 1. The standard InChI is InChI=1S/C13H18O7S/c1-7-3-5-9(6-4-7)21(17,18)20-12-10(14)8(2)19-13(16)11(12)15/h3-6,8,10-16H,1-2H3/t8?,10-,11?,12?,13-/m1/s1. The van der Waals surface area contributed by atoms with E-state index in [2.05, 4.69) is 0 Å². The first-order chi connectivity index (χ1) is 9.72. The van der Waals surface area contributed by atoms with Gasteiger partial charge in [0.2, 0.25) is 0 Å². The molecule has 21 heavy (non-hydrogen) atoms. The number of aliphatic hydroxyl groups excluding tert-OH is 3. The Kier molecular flexibility index (Phi) is 4.66. The van der Waals surface area contributed by atoms with E-state index in [1.165, 1.54) is 19.1 Å². The molecule has 1 aliphatic heterocycles. The van der Waals surface area contributed by atoms with E-state index in [4.69, 9.17) is 8.92 Å². The molecule has 0 aromatic heterocycles. The van der Waals surface area contributed by atoms with Gasteiger partial charge in [-0.05, 0) is 26.0 Å². The lowest BCUT2D eigenvalue weighted by Gasteiger charge is -2.38. The lowest BCUT2D eigenvalue weighted by atomic mass is 10.0. The van der Waals surface area contributed by atoms with Gasteiger partial charge in [0.1, 0.15) is 18.3 Å². The van der Waals surface area contributed by atoms with Crippen LogP contribution in [-0.2, 0) is 19.0 Å². The van der Waals surface area contributed by atoms with Crippen LogP contribution in [0.5, 0.6) is 0 Å². The molecular weight excluding hydrogens is 300 g/mol. The van der Waals surface area contributed by atoms with Gasteiger partial charge in [-0.3, -0.25) is 4.18 Å². The maximum atomic E-state index is 12.1. The Bertz CT molecular complexity index is 569. The van der Waals surface area contributed by atoms with Crippen LogP contribution in [-0.4, -0.2) is 54.4 Å². The molecule has 7 nitrogen and oxygen atoms in total. The summed E-state index contributed by atoms with van der Waals surface area (Å²) in [7, 11) is -4.18. The minimum atomic E-state index is -4.18. The number of ether oxygens (including phenoxy) is 1. The molecule has 1 aromatic rings. The van der Waals surface area contributed by atoms with Crippen LogP contribution < -0.4 is 0 Å². The van der Waals surface area contributed by atoms with Crippen LogP contribution in [0.4, 0.5) is 0 Å². The van der Waals surface area contributed by atoms with Crippen molar-refractivity contribution in [3.05, 3.63) is 29.8 Å². The second kappa shape index (κ2) is 5.99. The lowest BCUT2D eigenvalue weighted by Crippen LogP contribution is -2.58. The maximum Gasteiger partial charge on any atom is 0.297 e. The average molecular weight is 318 g/mol. The van der Waals surface area contributed by atoms with Crippen molar-refractivity contribution in [2.75, 3.05) is 0 Å². The quantitative estimate of drug-likeness (QED) is 0.646. The predicted octanol–water partition coefficient (Wildman–Crippen LogP) is -0.472. The summed E-state index contributed by atoms with van der Waals surface area (Å²) >= 11 is 0. The van der Waals surface area contributed by atoms with Gasteiger partial charge in [-0.25, -0.2) is 0 Å². The van der Waals surface area contributed by atoms with Gasteiger partial charge < -0.3 is 20.1 Å². The van der Waals surface area contributed by atoms with E-state index >= 15 is 0 Å². The fourth-order valence-electron chi connectivity index (χ4n) is 2.03. The van der Waals surface area contributed by atoms with Crippen LogP contribution in [0.2, 0.25) is 0 Å². The first kappa shape index (κ1) is 16.3. The molecule has 0 spiro atoms. The maximum absolute atomic E-state index is 12.1. The highest BCUT2D eigenvalue weighted by atomic mass is 32.2. The van der Waals surface area contributed by atoms with Gasteiger partial charge in [-0.15, -0.1) is 0 Å². The topological polar surface area (TPSA) is 113 Å². The van der Waals surface area contributed by atoms with E-state index in [1.54, 1.807) is 19.1 Å². The Morgan fingerprint density at radius 3 is 2.24 bits per heavy atom. The van der Waals surface area contributed by atoms with Crippen molar-refractivity contribution >= 4 is 10.1 Å². The highest BCUT2D eigenvalue weighted by Crippen LogP contribution is 2.25. The highest BCUT2D eigenvalue weighted by molar-refractivity contribution is 7.86. The summed E-state index contributed by atoms with van der Waals surface area (Å²) in [5.41, 5.74) is 0.879. The summed E-state index contributed by atoms with van der Waals surface area (Å²) < 4.78 is 34.1. The van der Waals surface area contributed by atoms with Crippen LogP contribution in [0.3, 0.4) is 0 Å². The van der Waals surface area contributed by atoms with Gasteiger partial charge in [0.05, 0.1) is 11.0 Å². The molecule has 0 radical (unpaired) electrons. The van der Waals surface area contributed by atoms with Gasteiger partial charge in [-0.2, -0.15) is 8.42 Å². The summed E-state index contributed by atoms with van der Waals surface area (Å²) in [6.45, 7) is 3.25. The van der Waals surface area contributed by atoms with Crippen LogP contribution >= 0.6 is 0 Å². The Morgan fingerprint density at radius 2 is 1.67 bits per heavy atom. The largest absolute Gasteiger partial charge is 0.388 e. The number of rotatable bonds is 3. The third-order valence-corrected chi connectivity index (χ3v) is 4.67. The van der Waals surface area contributed by atoms with Crippen LogP contribution in [0.1, 0.15) is 12.5 Å².